The third-order valence-corrected chi connectivity index (χ3v) is 7.32. The number of halogens is 3. The fourth-order valence-corrected chi connectivity index (χ4v) is 5.60. The number of nitrogens with zero attached hydrogens (tertiary/aromatic N) is 2. The largest absolute Gasteiger partial charge is 0.573 e. The molecule has 3 aromatic carbocycles. The van der Waals surface area contributed by atoms with E-state index >= 15 is 0 Å². The van der Waals surface area contributed by atoms with Crippen LogP contribution in [0.1, 0.15) is 43.0 Å². The lowest BCUT2D eigenvalue weighted by Gasteiger charge is -2.22. The van der Waals surface area contributed by atoms with Crippen LogP contribution in [0, 0.1) is 6.92 Å². The van der Waals surface area contributed by atoms with Gasteiger partial charge in [0.15, 0.2) is 0 Å². The molecule has 8 nitrogen and oxygen atoms in total. The number of aliphatic carboxylic acids is 1. The Morgan fingerprint density at radius 3 is 2.48 bits per heavy atom. The number of rotatable bonds is 6. The van der Waals surface area contributed by atoms with Crippen molar-refractivity contribution in [3.05, 3.63) is 99.5 Å². The Bertz CT molecular complexity index is 2000. The molecule has 0 saturated carbocycles. The average Bonchev–Trinajstić information content (AvgIpc) is 2.95. The first-order valence-electron chi connectivity index (χ1n) is 14.6. The van der Waals surface area contributed by atoms with E-state index in [4.69, 9.17) is 9.84 Å². The summed E-state index contributed by atoms with van der Waals surface area (Å²) in [7, 11) is 0. The summed E-state index contributed by atoms with van der Waals surface area (Å²) in [5, 5.41) is 19.7. The van der Waals surface area contributed by atoms with Crippen LogP contribution >= 0.6 is 0 Å². The number of ether oxygens (including phenoxy) is 2. The van der Waals surface area contributed by atoms with Crippen LogP contribution in [-0.4, -0.2) is 44.3 Å². The van der Waals surface area contributed by atoms with Crippen molar-refractivity contribution in [2.75, 3.05) is 6.61 Å². The topological polar surface area (TPSA) is 111 Å². The lowest BCUT2D eigenvalue weighted by atomic mass is 9.87. The number of hydrogen-bond acceptors (Lipinski definition) is 6. The molecule has 0 amide bonds. The van der Waals surface area contributed by atoms with E-state index in [0.717, 1.165) is 10.9 Å². The van der Waals surface area contributed by atoms with Crippen LogP contribution in [0.5, 0.6) is 11.5 Å². The second-order valence-corrected chi connectivity index (χ2v) is 12.0. The van der Waals surface area contributed by atoms with Gasteiger partial charge in [-0.25, -0.2) is 0 Å². The Labute approximate surface area is 262 Å². The van der Waals surface area contributed by atoms with Gasteiger partial charge in [0.05, 0.1) is 36.2 Å². The normalized spacial score (nSPS) is 12.8. The molecule has 0 radical (unpaired) electrons. The highest BCUT2D eigenvalue weighted by atomic mass is 19.4. The van der Waals surface area contributed by atoms with Gasteiger partial charge >= 0.3 is 12.3 Å². The number of para-hydroxylation sites is 1. The minimum Gasteiger partial charge on any atom is -0.493 e. The minimum atomic E-state index is -4.90. The molecule has 0 aliphatic carbocycles. The third-order valence-electron chi connectivity index (χ3n) is 7.32. The SMILES string of the molecule is CC(C)(C)O.Cc1cc2c(ccc(=O)n2Cc2ccccc2OC(F)(F)F)c(-c2ccc3c4c(ccnc24)CCO3)c1CC(=O)O. The van der Waals surface area contributed by atoms with Gasteiger partial charge in [-0.15, -0.1) is 13.2 Å². The van der Waals surface area contributed by atoms with Gasteiger partial charge in [-0.1, -0.05) is 18.2 Å². The van der Waals surface area contributed by atoms with Gasteiger partial charge < -0.3 is 24.3 Å². The summed E-state index contributed by atoms with van der Waals surface area (Å²) in [4.78, 5) is 29.8. The first-order chi connectivity index (χ1) is 21.6. The number of fused-ring (bicyclic) bond motifs is 1. The average molecular weight is 635 g/mol. The number of aromatic nitrogens is 2. The molecule has 0 saturated heterocycles. The molecule has 0 bridgehead atoms. The molecule has 5 aromatic rings. The summed E-state index contributed by atoms with van der Waals surface area (Å²) in [6.07, 6.45) is -2.78. The van der Waals surface area contributed by atoms with E-state index in [1.54, 1.807) is 52.1 Å². The van der Waals surface area contributed by atoms with Gasteiger partial charge in [0.2, 0.25) is 0 Å². The van der Waals surface area contributed by atoms with Crippen molar-refractivity contribution in [1.29, 1.82) is 0 Å². The van der Waals surface area contributed by atoms with E-state index in [0.29, 0.717) is 57.5 Å². The van der Waals surface area contributed by atoms with Crippen molar-refractivity contribution in [3.8, 4) is 22.6 Å². The smallest absolute Gasteiger partial charge is 0.493 e. The molecule has 2 aromatic heterocycles. The molecule has 3 heterocycles. The molecule has 0 unspecified atom stereocenters. The van der Waals surface area contributed by atoms with Crippen LogP contribution in [0.15, 0.2) is 71.7 Å². The van der Waals surface area contributed by atoms with Crippen LogP contribution in [0.4, 0.5) is 13.2 Å². The number of aliphatic hydroxyl groups is 1. The molecule has 2 N–H and O–H groups in total. The number of aryl methyl sites for hydroxylation is 1. The molecule has 0 atom stereocenters. The summed E-state index contributed by atoms with van der Waals surface area (Å²) >= 11 is 0. The van der Waals surface area contributed by atoms with Crippen LogP contribution in [0.2, 0.25) is 0 Å². The summed E-state index contributed by atoms with van der Waals surface area (Å²) in [5.41, 5.74) is 3.81. The maximum Gasteiger partial charge on any atom is 0.573 e. The van der Waals surface area contributed by atoms with E-state index in [1.807, 2.05) is 18.2 Å². The van der Waals surface area contributed by atoms with Crippen molar-refractivity contribution in [1.82, 2.24) is 9.55 Å². The Morgan fingerprint density at radius 2 is 1.78 bits per heavy atom. The van der Waals surface area contributed by atoms with Crippen LogP contribution in [-0.2, 0) is 24.2 Å². The number of carbonyl (C=O) groups is 1. The summed E-state index contributed by atoms with van der Waals surface area (Å²) < 4.78 is 50.7. The highest BCUT2D eigenvalue weighted by Crippen LogP contribution is 2.42. The second kappa shape index (κ2) is 12.5. The third kappa shape index (κ3) is 7.15. The number of alkyl halides is 3. The fraction of sp³-hybridized carbons (Fsp3) is 0.286. The molecule has 240 valence electrons. The zero-order chi connectivity index (χ0) is 33.4. The molecule has 46 heavy (non-hydrogen) atoms. The van der Waals surface area contributed by atoms with E-state index in [2.05, 4.69) is 9.72 Å². The molecular formula is C35H33F3N2O6. The van der Waals surface area contributed by atoms with Crippen LogP contribution < -0.4 is 15.0 Å². The van der Waals surface area contributed by atoms with Crippen molar-refractivity contribution in [3.63, 3.8) is 0 Å². The summed E-state index contributed by atoms with van der Waals surface area (Å²) in [5.74, 6) is -0.747. The number of hydrogen-bond donors (Lipinski definition) is 2. The molecule has 1 aliphatic heterocycles. The Hall–Kier alpha value is -4.90. The summed E-state index contributed by atoms with van der Waals surface area (Å²) in [6, 6.07) is 15.9. The zero-order valence-electron chi connectivity index (χ0n) is 25.7. The number of carboxylic acid groups (broad SMARTS) is 1. The summed E-state index contributed by atoms with van der Waals surface area (Å²) in [6.45, 7) is 7.32. The molecule has 6 rings (SSSR count). The van der Waals surface area contributed by atoms with Gasteiger partial charge in [0, 0.05) is 40.6 Å². The fourth-order valence-electron chi connectivity index (χ4n) is 5.60. The first-order valence-corrected chi connectivity index (χ1v) is 14.6. The minimum absolute atomic E-state index is 0.161. The maximum absolute atomic E-state index is 13.2. The Balaban J connectivity index is 0.000000775. The van der Waals surface area contributed by atoms with Gasteiger partial charge in [0.25, 0.3) is 5.56 Å². The van der Waals surface area contributed by atoms with Gasteiger partial charge in [-0.3, -0.25) is 14.6 Å². The molecule has 0 spiro atoms. The highest BCUT2D eigenvalue weighted by Gasteiger charge is 2.32. The number of carboxylic acids is 1. The number of pyridine rings is 2. The van der Waals surface area contributed by atoms with E-state index < -0.39 is 29.2 Å². The first kappa shape index (κ1) is 32.5. The number of benzene rings is 3. The maximum atomic E-state index is 13.2. The monoisotopic (exact) mass is 634 g/mol. The molecular weight excluding hydrogens is 601 g/mol. The van der Waals surface area contributed by atoms with Crippen molar-refractivity contribution in [2.45, 2.75) is 59.0 Å². The second-order valence-electron chi connectivity index (χ2n) is 12.0. The lowest BCUT2D eigenvalue weighted by Crippen LogP contribution is -2.22. The quantitative estimate of drug-likeness (QED) is 0.211. The molecule has 11 heteroatoms. The van der Waals surface area contributed by atoms with Crippen LogP contribution in [0.3, 0.4) is 0 Å². The standard InChI is InChI=1S/C31H23F3N2O5.C4H10O/c1-17-14-23-20(7-9-26(37)36(23)16-19-4-2-3-5-24(19)41-31(32,33)34)29(22(17)15-27(38)39)21-6-8-25-28-18(11-13-40-25)10-12-35-30(21)28;1-4(2,3)5/h2-10,12,14H,11,13,15-16H2,1H3,(H,38,39);5H,1-3H3. The van der Waals surface area contributed by atoms with E-state index in [1.165, 1.54) is 28.8 Å². The van der Waals surface area contributed by atoms with Crippen molar-refractivity contribution >= 4 is 27.8 Å². The Kier molecular flexibility index (Phi) is 8.81. The predicted octanol–water partition coefficient (Wildman–Crippen LogP) is 6.81. The van der Waals surface area contributed by atoms with E-state index in [-0.39, 0.29) is 18.5 Å². The van der Waals surface area contributed by atoms with Crippen molar-refractivity contribution < 1.29 is 37.7 Å². The predicted molar refractivity (Wildman–Crippen MR) is 168 cm³/mol. The highest BCUT2D eigenvalue weighted by molar-refractivity contribution is 6.08. The molecule has 0 fully saturated rings. The zero-order valence-corrected chi connectivity index (χ0v) is 25.7. The van der Waals surface area contributed by atoms with E-state index in [9.17, 15) is 27.9 Å². The molecule has 1 aliphatic rings. The Morgan fingerprint density at radius 1 is 1.07 bits per heavy atom. The van der Waals surface area contributed by atoms with Gasteiger partial charge in [-0.2, -0.15) is 0 Å². The van der Waals surface area contributed by atoms with Gasteiger partial charge in [-0.05, 0) is 86.3 Å². The van der Waals surface area contributed by atoms with Gasteiger partial charge in [0.1, 0.15) is 11.5 Å². The van der Waals surface area contributed by atoms with Crippen LogP contribution in [0.25, 0.3) is 32.9 Å². The lowest BCUT2D eigenvalue weighted by molar-refractivity contribution is -0.274. The van der Waals surface area contributed by atoms with Crippen molar-refractivity contribution in [2.24, 2.45) is 0 Å².